The highest BCUT2D eigenvalue weighted by molar-refractivity contribution is 5.77. The van der Waals surface area contributed by atoms with Crippen LogP contribution in [0.3, 0.4) is 0 Å². The second-order valence-corrected chi connectivity index (χ2v) is 19.0. The van der Waals surface area contributed by atoms with Gasteiger partial charge in [-0.1, -0.05) is 269 Å². The molecule has 0 saturated carbocycles. The van der Waals surface area contributed by atoms with E-state index in [0.29, 0.717) is 19.3 Å². The van der Waals surface area contributed by atoms with Crippen molar-refractivity contribution in [2.75, 3.05) is 6.61 Å². The average Bonchev–Trinajstić information content (AvgIpc) is 3.28. The Kier molecular flexibility index (Phi) is 49.5. The van der Waals surface area contributed by atoms with Gasteiger partial charge in [0, 0.05) is 6.42 Å². The largest absolute Gasteiger partial charge is 0.462 e. The van der Waals surface area contributed by atoms with Gasteiger partial charge in [0.15, 0.2) is 0 Å². The van der Waals surface area contributed by atoms with E-state index in [-0.39, 0.29) is 24.9 Å². The van der Waals surface area contributed by atoms with E-state index in [0.717, 1.165) is 57.8 Å². The molecule has 0 spiro atoms. The minimum Gasteiger partial charge on any atom is -0.462 e. The van der Waals surface area contributed by atoms with Crippen LogP contribution >= 0.6 is 0 Å². The molecule has 1 amide bonds. The van der Waals surface area contributed by atoms with Crippen LogP contribution in [0.2, 0.25) is 0 Å². The quantitative estimate of drug-likeness (QED) is 0.0321. The van der Waals surface area contributed by atoms with Crippen molar-refractivity contribution in [3.63, 3.8) is 0 Å². The summed E-state index contributed by atoms with van der Waals surface area (Å²) < 4.78 is 5.95. The topological polar surface area (TPSA) is 95.9 Å². The van der Waals surface area contributed by atoms with E-state index in [1.807, 2.05) is 0 Å². The van der Waals surface area contributed by atoms with E-state index < -0.39 is 18.2 Å². The third-order valence-corrected chi connectivity index (χ3v) is 12.8. The molecular formula is C57H107NO5. The van der Waals surface area contributed by atoms with Gasteiger partial charge in [-0.2, -0.15) is 0 Å². The molecule has 6 heteroatoms. The van der Waals surface area contributed by atoms with Gasteiger partial charge in [-0.05, 0) is 44.9 Å². The maximum atomic E-state index is 13.2. The number of carbonyl (C=O) groups is 2. The molecule has 3 N–H and O–H groups in total. The molecular weight excluding hydrogens is 779 g/mol. The van der Waals surface area contributed by atoms with E-state index in [9.17, 15) is 19.8 Å². The molecule has 3 atom stereocenters. The van der Waals surface area contributed by atoms with Gasteiger partial charge in [0.2, 0.25) is 5.91 Å². The number of ether oxygens (including phenoxy) is 1. The number of amides is 1. The van der Waals surface area contributed by atoms with Crippen LogP contribution in [0, 0.1) is 0 Å². The Bertz CT molecular complexity index is 1040. The Morgan fingerprint density at radius 2 is 0.857 bits per heavy atom. The summed E-state index contributed by atoms with van der Waals surface area (Å²) in [6.45, 7) is 6.38. The zero-order valence-electron chi connectivity index (χ0n) is 42.2. The van der Waals surface area contributed by atoms with Gasteiger partial charge >= 0.3 is 5.97 Å². The van der Waals surface area contributed by atoms with Gasteiger partial charge in [-0.3, -0.25) is 9.59 Å². The van der Waals surface area contributed by atoms with Crippen LogP contribution < -0.4 is 5.32 Å². The zero-order valence-corrected chi connectivity index (χ0v) is 42.2. The summed E-state index contributed by atoms with van der Waals surface area (Å²) in [5.74, 6) is -0.473. The van der Waals surface area contributed by atoms with Gasteiger partial charge in [0.1, 0.15) is 6.10 Å². The summed E-state index contributed by atoms with van der Waals surface area (Å²) in [6, 6.07) is -0.701. The highest BCUT2D eigenvalue weighted by Gasteiger charge is 2.24. The minimum absolute atomic E-state index is 0.0770. The molecule has 0 saturated heterocycles. The Balaban J connectivity index is 4.51. The molecule has 0 radical (unpaired) electrons. The molecule has 0 aromatic rings. The molecule has 0 rings (SSSR count). The SMILES string of the molecule is CC/C=C/C=C/C=C/CCCCCCCCCC(=O)OC(CCCCCCCCCCCCCCC)CC(=O)NC(CO)C(O)CCCCCCCCCCCCCCCCCC. The monoisotopic (exact) mass is 886 g/mol. The molecule has 0 aliphatic heterocycles. The number of esters is 1. The maximum Gasteiger partial charge on any atom is 0.306 e. The number of carbonyl (C=O) groups excluding carboxylic acids is 2. The first kappa shape index (κ1) is 61.1. The van der Waals surface area contributed by atoms with Crippen molar-refractivity contribution < 1.29 is 24.5 Å². The van der Waals surface area contributed by atoms with E-state index in [4.69, 9.17) is 4.74 Å². The summed E-state index contributed by atoms with van der Waals surface area (Å²) >= 11 is 0. The Hall–Kier alpha value is -1.92. The number of hydrogen-bond acceptors (Lipinski definition) is 5. The first-order valence-electron chi connectivity index (χ1n) is 27.7. The molecule has 0 heterocycles. The predicted octanol–water partition coefficient (Wildman–Crippen LogP) is 16.8. The summed E-state index contributed by atoms with van der Waals surface area (Å²) in [7, 11) is 0. The lowest BCUT2D eigenvalue weighted by Crippen LogP contribution is -2.46. The van der Waals surface area contributed by atoms with Crippen LogP contribution in [0.1, 0.15) is 290 Å². The standard InChI is InChI=1S/C57H107NO5/c1-4-7-10-13-16-19-22-25-27-29-31-34-37-40-43-46-49-55(60)54(52-59)58-56(61)51-53(48-45-42-39-36-33-30-24-21-18-15-12-9-6-3)63-57(62)50-47-44-41-38-35-32-28-26-23-20-17-14-11-8-5-2/h8,11,14,17,20,23,53-55,59-60H,4-7,9-10,12-13,15-16,18-19,21-22,24-52H2,1-3H3,(H,58,61)/b11-8+,17-14+,23-20+. The number of unbranched alkanes of at least 4 members (excludes halogenated alkanes) is 34. The van der Waals surface area contributed by atoms with Gasteiger partial charge in [-0.25, -0.2) is 0 Å². The van der Waals surface area contributed by atoms with Crippen LogP contribution in [0.25, 0.3) is 0 Å². The van der Waals surface area contributed by atoms with Crippen molar-refractivity contribution in [1.82, 2.24) is 5.32 Å². The first-order chi connectivity index (χ1) is 31.0. The van der Waals surface area contributed by atoms with Crippen molar-refractivity contribution in [2.24, 2.45) is 0 Å². The second-order valence-electron chi connectivity index (χ2n) is 19.0. The van der Waals surface area contributed by atoms with Gasteiger partial charge < -0.3 is 20.3 Å². The summed E-state index contributed by atoms with van der Waals surface area (Å²) in [5, 5.41) is 23.9. The smallest absolute Gasteiger partial charge is 0.306 e. The maximum absolute atomic E-state index is 13.2. The number of aliphatic hydroxyl groups excluding tert-OH is 2. The Morgan fingerprint density at radius 3 is 1.29 bits per heavy atom. The highest BCUT2D eigenvalue weighted by Crippen LogP contribution is 2.19. The van der Waals surface area contributed by atoms with Crippen LogP contribution in [0.4, 0.5) is 0 Å². The third-order valence-electron chi connectivity index (χ3n) is 12.8. The number of allylic oxidation sites excluding steroid dienone is 6. The van der Waals surface area contributed by atoms with Crippen molar-refractivity contribution in [1.29, 1.82) is 0 Å². The normalized spacial score (nSPS) is 13.4. The molecule has 6 nitrogen and oxygen atoms in total. The molecule has 370 valence electrons. The fraction of sp³-hybridized carbons (Fsp3) is 0.860. The molecule has 0 aliphatic carbocycles. The fourth-order valence-corrected chi connectivity index (χ4v) is 8.61. The van der Waals surface area contributed by atoms with E-state index in [2.05, 4.69) is 62.5 Å². The number of hydrogen-bond donors (Lipinski definition) is 3. The van der Waals surface area contributed by atoms with Gasteiger partial charge in [0.05, 0.1) is 25.2 Å². The van der Waals surface area contributed by atoms with E-state index in [1.165, 1.54) is 186 Å². The van der Waals surface area contributed by atoms with Crippen molar-refractivity contribution >= 4 is 11.9 Å². The van der Waals surface area contributed by atoms with Crippen LogP contribution in [0.15, 0.2) is 36.5 Å². The van der Waals surface area contributed by atoms with Crippen LogP contribution in [-0.2, 0) is 14.3 Å². The lowest BCUT2D eigenvalue weighted by atomic mass is 10.0. The molecule has 0 aromatic heterocycles. The Morgan fingerprint density at radius 1 is 0.476 bits per heavy atom. The number of aliphatic hydroxyl groups is 2. The van der Waals surface area contributed by atoms with Crippen molar-refractivity contribution in [3.8, 4) is 0 Å². The zero-order chi connectivity index (χ0) is 45.9. The van der Waals surface area contributed by atoms with E-state index >= 15 is 0 Å². The second kappa shape index (κ2) is 51.1. The van der Waals surface area contributed by atoms with E-state index in [1.54, 1.807) is 0 Å². The molecule has 3 unspecified atom stereocenters. The van der Waals surface area contributed by atoms with Gasteiger partial charge in [0.25, 0.3) is 0 Å². The van der Waals surface area contributed by atoms with Crippen LogP contribution in [0.5, 0.6) is 0 Å². The molecule has 0 aliphatic rings. The highest BCUT2D eigenvalue weighted by atomic mass is 16.5. The third kappa shape index (κ3) is 46.4. The number of nitrogens with one attached hydrogen (secondary N) is 1. The first-order valence-corrected chi connectivity index (χ1v) is 27.7. The summed E-state index contributed by atoms with van der Waals surface area (Å²) in [5.41, 5.74) is 0. The van der Waals surface area contributed by atoms with Gasteiger partial charge in [-0.15, -0.1) is 0 Å². The summed E-state index contributed by atoms with van der Waals surface area (Å²) in [6.07, 6.45) is 60.6. The molecule has 63 heavy (non-hydrogen) atoms. The summed E-state index contributed by atoms with van der Waals surface area (Å²) in [4.78, 5) is 26.2. The van der Waals surface area contributed by atoms with Crippen molar-refractivity contribution in [3.05, 3.63) is 36.5 Å². The molecule has 0 bridgehead atoms. The predicted molar refractivity (Wildman–Crippen MR) is 273 cm³/mol. The number of rotatable bonds is 50. The molecule has 0 aromatic carbocycles. The Labute approximate surface area is 392 Å². The lowest BCUT2D eigenvalue weighted by molar-refractivity contribution is -0.151. The minimum atomic E-state index is -0.787. The van der Waals surface area contributed by atoms with Crippen LogP contribution in [-0.4, -0.2) is 46.9 Å². The molecule has 0 fully saturated rings. The average molecular weight is 886 g/mol. The lowest BCUT2D eigenvalue weighted by Gasteiger charge is -2.24. The fourth-order valence-electron chi connectivity index (χ4n) is 8.61. The van der Waals surface area contributed by atoms with Crippen molar-refractivity contribution in [2.45, 2.75) is 309 Å².